The molecule has 2 N–H and O–H groups in total. The summed E-state index contributed by atoms with van der Waals surface area (Å²) in [5, 5.41) is 2.66. The van der Waals surface area contributed by atoms with Gasteiger partial charge in [0.25, 0.3) is 5.91 Å². The first kappa shape index (κ1) is 23.8. The molecule has 178 valence electrons. The number of hydrogen-bond acceptors (Lipinski definition) is 6. The predicted octanol–water partition coefficient (Wildman–Crippen LogP) is 2.18. The average Bonchev–Trinajstić information content (AvgIpc) is 3.53. The van der Waals surface area contributed by atoms with Crippen molar-refractivity contribution in [3.05, 3.63) is 54.1 Å². The van der Waals surface area contributed by atoms with E-state index in [1.165, 1.54) is 40.7 Å². The summed E-state index contributed by atoms with van der Waals surface area (Å²) < 4.78 is 60.2. The van der Waals surface area contributed by atoms with Crippen LogP contribution in [0, 0.1) is 0 Å². The fraction of sp³-hybridized carbons (Fsp3) is 0.409. The summed E-state index contributed by atoms with van der Waals surface area (Å²) in [7, 11) is -7.42. The van der Waals surface area contributed by atoms with E-state index in [0.717, 1.165) is 25.7 Å². The molecule has 0 saturated carbocycles. The van der Waals surface area contributed by atoms with Crippen molar-refractivity contribution in [3.8, 4) is 0 Å². The lowest BCUT2D eigenvalue weighted by Crippen LogP contribution is -2.32. The van der Waals surface area contributed by atoms with Crippen LogP contribution in [-0.4, -0.2) is 59.4 Å². The number of hydrogen-bond donors (Lipinski definition) is 2. The fourth-order valence-electron chi connectivity index (χ4n) is 3.91. The molecule has 0 spiro atoms. The van der Waals surface area contributed by atoms with Crippen LogP contribution in [0.25, 0.3) is 0 Å². The monoisotopic (exact) mass is 493 g/mol. The molecule has 2 aromatic carbocycles. The third kappa shape index (κ3) is 5.61. The maximum atomic E-state index is 12.8. The Hall–Kier alpha value is -2.31. The number of nitrogens with zero attached hydrogens (tertiary/aromatic N) is 1. The minimum Gasteiger partial charge on any atom is -0.377 e. The first-order valence-corrected chi connectivity index (χ1v) is 13.8. The normalized spacial score (nSPS) is 19.6. The summed E-state index contributed by atoms with van der Waals surface area (Å²) in [5.74, 6) is -0.540. The molecule has 2 fully saturated rings. The summed E-state index contributed by atoms with van der Waals surface area (Å²) in [6.07, 6.45) is 3.23. The number of carbonyl (C=O) groups excluding carboxylic acids is 1. The van der Waals surface area contributed by atoms with Crippen molar-refractivity contribution in [2.24, 2.45) is 0 Å². The van der Waals surface area contributed by atoms with Crippen molar-refractivity contribution in [2.75, 3.05) is 31.6 Å². The van der Waals surface area contributed by atoms with Crippen molar-refractivity contribution >= 4 is 31.6 Å². The van der Waals surface area contributed by atoms with Gasteiger partial charge in [0.15, 0.2) is 0 Å². The van der Waals surface area contributed by atoms with E-state index in [1.54, 1.807) is 12.1 Å². The van der Waals surface area contributed by atoms with Gasteiger partial charge in [0.05, 0.1) is 15.9 Å². The molecule has 2 aliphatic heterocycles. The molecule has 2 saturated heterocycles. The second-order valence-electron chi connectivity index (χ2n) is 8.11. The third-order valence-corrected chi connectivity index (χ3v) is 9.04. The van der Waals surface area contributed by atoms with Crippen LogP contribution in [0.5, 0.6) is 0 Å². The Morgan fingerprint density at radius 1 is 0.970 bits per heavy atom. The number of amides is 1. The molecule has 2 heterocycles. The zero-order chi connectivity index (χ0) is 23.5. The van der Waals surface area contributed by atoms with E-state index in [0.29, 0.717) is 25.4 Å². The smallest absolute Gasteiger partial charge is 0.255 e. The molecule has 0 aliphatic carbocycles. The molecule has 0 aromatic heterocycles. The van der Waals surface area contributed by atoms with Gasteiger partial charge in [-0.25, -0.2) is 21.6 Å². The summed E-state index contributed by atoms with van der Waals surface area (Å²) in [6.45, 7) is 1.78. The third-order valence-electron chi connectivity index (χ3n) is 5.73. The van der Waals surface area contributed by atoms with Crippen LogP contribution in [0.3, 0.4) is 0 Å². The highest BCUT2D eigenvalue weighted by Gasteiger charge is 2.27. The number of sulfonamides is 2. The van der Waals surface area contributed by atoms with E-state index < -0.39 is 26.0 Å². The highest BCUT2D eigenvalue weighted by molar-refractivity contribution is 7.89. The van der Waals surface area contributed by atoms with E-state index in [1.807, 2.05) is 0 Å². The maximum absolute atomic E-state index is 12.8. The van der Waals surface area contributed by atoms with Gasteiger partial charge in [-0.3, -0.25) is 4.79 Å². The Balaban J connectivity index is 1.47. The van der Waals surface area contributed by atoms with E-state index >= 15 is 0 Å². The highest BCUT2D eigenvalue weighted by Crippen LogP contribution is 2.23. The zero-order valence-corrected chi connectivity index (χ0v) is 19.7. The van der Waals surface area contributed by atoms with Gasteiger partial charge in [0.2, 0.25) is 20.0 Å². The number of carbonyl (C=O) groups is 1. The summed E-state index contributed by atoms with van der Waals surface area (Å²) in [5.41, 5.74) is 0.452. The first-order chi connectivity index (χ1) is 15.8. The number of rotatable bonds is 8. The van der Waals surface area contributed by atoms with Crippen LogP contribution in [0.15, 0.2) is 58.3 Å². The first-order valence-electron chi connectivity index (χ1n) is 10.9. The second kappa shape index (κ2) is 9.90. The Bertz CT molecular complexity index is 1220. The van der Waals surface area contributed by atoms with Crippen LogP contribution in [-0.2, 0) is 24.8 Å². The van der Waals surface area contributed by atoms with Gasteiger partial charge in [-0.2, -0.15) is 4.31 Å². The van der Waals surface area contributed by atoms with Crippen molar-refractivity contribution < 1.29 is 26.4 Å². The molecule has 9 nitrogen and oxygen atoms in total. The van der Waals surface area contributed by atoms with Crippen molar-refractivity contribution in [1.82, 2.24) is 9.03 Å². The minimum absolute atomic E-state index is 0.0292. The molecular weight excluding hydrogens is 466 g/mol. The lowest BCUT2D eigenvalue weighted by Gasteiger charge is -2.16. The van der Waals surface area contributed by atoms with Crippen molar-refractivity contribution in [2.45, 2.75) is 41.6 Å². The average molecular weight is 494 g/mol. The SMILES string of the molecule is O=C(Nc1cccc(S(=O)(=O)N2CCCC2)c1)c1cccc(S(=O)(=O)NC[C@@H]2CCCO2)c1. The molecule has 1 atom stereocenters. The molecule has 33 heavy (non-hydrogen) atoms. The molecule has 11 heteroatoms. The molecule has 1 amide bonds. The van der Waals surface area contributed by atoms with Gasteiger partial charge < -0.3 is 10.1 Å². The van der Waals surface area contributed by atoms with Gasteiger partial charge in [0, 0.05) is 37.5 Å². The zero-order valence-electron chi connectivity index (χ0n) is 18.1. The van der Waals surface area contributed by atoms with Crippen LogP contribution >= 0.6 is 0 Å². The summed E-state index contributed by atoms with van der Waals surface area (Å²) >= 11 is 0. The van der Waals surface area contributed by atoms with E-state index in [9.17, 15) is 21.6 Å². The van der Waals surface area contributed by atoms with Gasteiger partial charge in [-0.05, 0) is 62.1 Å². The molecule has 2 aromatic rings. The number of benzene rings is 2. The van der Waals surface area contributed by atoms with E-state index in [2.05, 4.69) is 10.0 Å². The Kier molecular flexibility index (Phi) is 7.15. The topological polar surface area (TPSA) is 122 Å². The van der Waals surface area contributed by atoms with Gasteiger partial charge >= 0.3 is 0 Å². The summed E-state index contributed by atoms with van der Waals surface area (Å²) in [6, 6.07) is 11.8. The molecule has 2 aliphatic rings. The molecule has 4 rings (SSSR count). The van der Waals surface area contributed by atoms with Crippen LogP contribution < -0.4 is 10.0 Å². The van der Waals surface area contributed by atoms with E-state index in [-0.39, 0.29) is 28.0 Å². The Labute approximate surface area is 194 Å². The van der Waals surface area contributed by atoms with Gasteiger partial charge in [-0.15, -0.1) is 0 Å². The number of ether oxygens (including phenoxy) is 1. The van der Waals surface area contributed by atoms with Crippen molar-refractivity contribution in [1.29, 1.82) is 0 Å². The molecular formula is C22H27N3O6S2. The molecule has 0 bridgehead atoms. The molecule has 0 unspecified atom stereocenters. The van der Waals surface area contributed by atoms with E-state index in [4.69, 9.17) is 4.74 Å². The quantitative estimate of drug-likeness (QED) is 0.581. The number of anilines is 1. The fourth-order valence-corrected chi connectivity index (χ4v) is 6.59. The van der Waals surface area contributed by atoms with Gasteiger partial charge in [-0.1, -0.05) is 12.1 Å². The van der Waals surface area contributed by atoms with Crippen LogP contribution in [0.1, 0.15) is 36.0 Å². The van der Waals surface area contributed by atoms with Crippen molar-refractivity contribution in [3.63, 3.8) is 0 Å². The van der Waals surface area contributed by atoms with Crippen LogP contribution in [0.2, 0.25) is 0 Å². The largest absolute Gasteiger partial charge is 0.377 e. The standard InChI is InChI=1S/C22H27N3O6S2/c26-22(24-18-7-4-10-21(15-18)33(29,30)25-11-1-2-12-25)17-6-3-9-20(14-17)32(27,28)23-16-19-8-5-13-31-19/h3-4,6-7,9-10,14-15,19,23H,1-2,5,8,11-13,16H2,(H,24,26)/t19-/m0/s1. The summed E-state index contributed by atoms with van der Waals surface area (Å²) in [4.78, 5) is 12.9. The van der Waals surface area contributed by atoms with Gasteiger partial charge in [0.1, 0.15) is 0 Å². The predicted molar refractivity (Wildman–Crippen MR) is 123 cm³/mol. The lowest BCUT2D eigenvalue weighted by molar-refractivity contribution is 0.102. The molecule has 0 radical (unpaired) electrons. The number of nitrogens with one attached hydrogen (secondary N) is 2. The maximum Gasteiger partial charge on any atom is 0.255 e. The minimum atomic E-state index is -3.81. The van der Waals surface area contributed by atoms with Crippen LogP contribution in [0.4, 0.5) is 5.69 Å². The Morgan fingerprint density at radius 3 is 2.42 bits per heavy atom. The highest BCUT2D eigenvalue weighted by atomic mass is 32.2. The lowest BCUT2D eigenvalue weighted by atomic mass is 10.2. The Morgan fingerprint density at radius 2 is 1.70 bits per heavy atom. The second-order valence-corrected chi connectivity index (χ2v) is 11.8.